The van der Waals surface area contributed by atoms with Gasteiger partial charge in [-0.15, -0.1) is 0 Å². The van der Waals surface area contributed by atoms with Gasteiger partial charge in [-0.25, -0.2) is 0 Å². The van der Waals surface area contributed by atoms with Gasteiger partial charge in [0.1, 0.15) is 0 Å². The number of nitrogens with one attached hydrogen (secondary N) is 2. The number of halogens is 2. The maximum atomic E-state index is 5.92. The van der Waals surface area contributed by atoms with Crippen molar-refractivity contribution in [2.75, 3.05) is 5.32 Å². The predicted octanol–water partition coefficient (Wildman–Crippen LogP) is 3.64. The molecule has 0 radical (unpaired) electrons. The zero-order valence-electron chi connectivity index (χ0n) is 8.72. The van der Waals surface area contributed by atoms with Gasteiger partial charge < -0.3 is 5.32 Å². The summed E-state index contributed by atoms with van der Waals surface area (Å²) < 4.78 is 0. The quantitative estimate of drug-likeness (QED) is 0.880. The first-order valence-electron chi connectivity index (χ1n) is 4.84. The number of aromatic amines is 1. The third-order valence-corrected chi connectivity index (χ3v) is 3.08. The van der Waals surface area contributed by atoms with Crippen molar-refractivity contribution in [3.05, 3.63) is 45.7 Å². The van der Waals surface area contributed by atoms with Crippen LogP contribution in [0.15, 0.2) is 24.4 Å². The summed E-state index contributed by atoms with van der Waals surface area (Å²) in [5.74, 6) is 0. The largest absolute Gasteiger partial charge is 0.381 e. The highest BCUT2D eigenvalue weighted by Gasteiger charge is 2.02. The third-order valence-electron chi connectivity index (χ3n) is 2.34. The van der Waals surface area contributed by atoms with E-state index in [0.29, 0.717) is 16.6 Å². The van der Waals surface area contributed by atoms with Gasteiger partial charge in [0.25, 0.3) is 0 Å². The van der Waals surface area contributed by atoms with Gasteiger partial charge >= 0.3 is 0 Å². The SMILES string of the molecule is Cc1[nH]ncc1CNc1ccc(Cl)c(Cl)c1. The highest BCUT2D eigenvalue weighted by molar-refractivity contribution is 6.42. The number of nitrogens with zero attached hydrogens (tertiary/aromatic N) is 1. The molecule has 0 fully saturated rings. The minimum Gasteiger partial charge on any atom is -0.381 e. The predicted molar refractivity (Wildman–Crippen MR) is 67.1 cm³/mol. The average Bonchev–Trinajstić information content (AvgIpc) is 2.66. The van der Waals surface area contributed by atoms with Crippen LogP contribution in [-0.4, -0.2) is 10.2 Å². The molecule has 2 aromatic rings. The van der Waals surface area contributed by atoms with Crippen LogP contribution in [0.3, 0.4) is 0 Å². The van der Waals surface area contributed by atoms with Crippen molar-refractivity contribution in [3.63, 3.8) is 0 Å². The highest BCUT2D eigenvalue weighted by Crippen LogP contribution is 2.25. The second-order valence-corrected chi connectivity index (χ2v) is 4.32. The molecule has 0 saturated heterocycles. The van der Waals surface area contributed by atoms with Crippen LogP contribution in [-0.2, 0) is 6.54 Å². The van der Waals surface area contributed by atoms with Crippen molar-refractivity contribution in [3.8, 4) is 0 Å². The number of rotatable bonds is 3. The van der Waals surface area contributed by atoms with E-state index in [0.717, 1.165) is 16.9 Å². The van der Waals surface area contributed by atoms with E-state index in [-0.39, 0.29) is 0 Å². The van der Waals surface area contributed by atoms with Crippen LogP contribution in [0.2, 0.25) is 10.0 Å². The van der Waals surface area contributed by atoms with Crippen LogP contribution < -0.4 is 5.32 Å². The second-order valence-electron chi connectivity index (χ2n) is 3.50. The van der Waals surface area contributed by atoms with E-state index < -0.39 is 0 Å². The fraction of sp³-hybridized carbons (Fsp3) is 0.182. The van der Waals surface area contributed by atoms with Crippen molar-refractivity contribution < 1.29 is 0 Å². The van der Waals surface area contributed by atoms with E-state index in [1.807, 2.05) is 13.0 Å². The Hall–Kier alpha value is -1.19. The summed E-state index contributed by atoms with van der Waals surface area (Å²) in [5, 5.41) is 11.2. The summed E-state index contributed by atoms with van der Waals surface area (Å²) in [6, 6.07) is 5.47. The van der Waals surface area contributed by atoms with Crippen LogP contribution >= 0.6 is 23.2 Å². The molecular formula is C11H11Cl2N3. The Morgan fingerprint density at radius 3 is 2.75 bits per heavy atom. The van der Waals surface area contributed by atoms with Crippen LogP contribution in [0.25, 0.3) is 0 Å². The molecule has 0 aliphatic carbocycles. The van der Waals surface area contributed by atoms with Gasteiger partial charge in [-0.3, -0.25) is 5.10 Å². The minimum atomic E-state index is 0.551. The van der Waals surface area contributed by atoms with Gasteiger partial charge in [-0.05, 0) is 25.1 Å². The zero-order valence-corrected chi connectivity index (χ0v) is 10.2. The van der Waals surface area contributed by atoms with Gasteiger partial charge in [0.05, 0.1) is 16.2 Å². The van der Waals surface area contributed by atoms with Crippen molar-refractivity contribution in [1.82, 2.24) is 10.2 Å². The summed E-state index contributed by atoms with van der Waals surface area (Å²) in [6.07, 6.45) is 1.81. The second kappa shape index (κ2) is 4.76. The average molecular weight is 256 g/mol. The molecule has 0 aliphatic rings. The lowest BCUT2D eigenvalue weighted by Crippen LogP contribution is -1.99. The Morgan fingerprint density at radius 1 is 1.31 bits per heavy atom. The standard InChI is InChI=1S/C11H11Cl2N3/c1-7-8(6-15-16-7)5-14-9-2-3-10(12)11(13)4-9/h2-4,6,14H,5H2,1H3,(H,15,16). The summed E-state index contributed by atoms with van der Waals surface area (Å²) in [5.41, 5.74) is 3.13. The van der Waals surface area contributed by atoms with Crippen molar-refractivity contribution in [1.29, 1.82) is 0 Å². The lowest BCUT2D eigenvalue weighted by Gasteiger charge is -2.06. The Bertz CT molecular complexity index is 494. The van der Waals surface area contributed by atoms with Gasteiger partial charge in [0.15, 0.2) is 0 Å². The molecule has 0 bridgehead atoms. The summed E-state index contributed by atoms with van der Waals surface area (Å²) in [6.45, 7) is 2.69. The van der Waals surface area contributed by atoms with E-state index in [1.165, 1.54) is 0 Å². The third kappa shape index (κ3) is 2.49. The van der Waals surface area contributed by atoms with E-state index in [9.17, 15) is 0 Å². The first-order valence-corrected chi connectivity index (χ1v) is 5.60. The van der Waals surface area contributed by atoms with Crippen LogP contribution in [0.1, 0.15) is 11.3 Å². The monoisotopic (exact) mass is 255 g/mol. The van der Waals surface area contributed by atoms with Crippen LogP contribution in [0, 0.1) is 6.92 Å². The number of hydrogen-bond acceptors (Lipinski definition) is 2. The zero-order chi connectivity index (χ0) is 11.5. The van der Waals surface area contributed by atoms with Gasteiger partial charge in [-0.1, -0.05) is 23.2 Å². The minimum absolute atomic E-state index is 0.551. The van der Waals surface area contributed by atoms with Crippen LogP contribution in [0.4, 0.5) is 5.69 Å². The molecule has 0 aliphatic heterocycles. The highest BCUT2D eigenvalue weighted by atomic mass is 35.5. The molecule has 0 unspecified atom stereocenters. The smallest absolute Gasteiger partial charge is 0.0612 e. The fourth-order valence-corrected chi connectivity index (χ4v) is 1.66. The Morgan fingerprint density at radius 2 is 2.12 bits per heavy atom. The maximum Gasteiger partial charge on any atom is 0.0612 e. The molecule has 1 aromatic heterocycles. The molecular weight excluding hydrogens is 245 g/mol. The normalized spacial score (nSPS) is 10.4. The van der Waals surface area contributed by atoms with Crippen LogP contribution in [0.5, 0.6) is 0 Å². The summed E-state index contributed by atoms with van der Waals surface area (Å²) >= 11 is 11.7. The molecule has 16 heavy (non-hydrogen) atoms. The molecule has 3 nitrogen and oxygen atoms in total. The first-order chi connectivity index (χ1) is 7.66. The van der Waals surface area contributed by atoms with E-state index >= 15 is 0 Å². The molecule has 0 atom stereocenters. The topological polar surface area (TPSA) is 40.7 Å². The van der Waals surface area contributed by atoms with E-state index in [1.54, 1.807) is 18.3 Å². The molecule has 2 rings (SSSR count). The Kier molecular flexibility index (Phi) is 3.36. The maximum absolute atomic E-state index is 5.92. The number of hydrogen-bond donors (Lipinski definition) is 2. The number of aromatic nitrogens is 2. The fourth-order valence-electron chi connectivity index (χ4n) is 1.36. The molecule has 2 N–H and O–H groups in total. The van der Waals surface area contributed by atoms with Crippen molar-refractivity contribution in [2.24, 2.45) is 0 Å². The molecule has 1 aromatic carbocycles. The molecule has 0 saturated carbocycles. The van der Waals surface area contributed by atoms with Gasteiger partial charge in [-0.2, -0.15) is 5.10 Å². The first kappa shape index (κ1) is 11.3. The van der Waals surface area contributed by atoms with E-state index in [2.05, 4.69) is 15.5 Å². The molecule has 0 spiro atoms. The van der Waals surface area contributed by atoms with Crippen molar-refractivity contribution in [2.45, 2.75) is 13.5 Å². The van der Waals surface area contributed by atoms with Gasteiger partial charge in [0, 0.05) is 23.5 Å². The molecule has 5 heteroatoms. The van der Waals surface area contributed by atoms with E-state index in [4.69, 9.17) is 23.2 Å². The number of benzene rings is 1. The van der Waals surface area contributed by atoms with Crippen molar-refractivity contribution >= 4 is 28.9 Å². The lowest BCUT2D eigenvalue weighted by molar-refractivity contribution is 1.04. The number of aryl methyl sites for hydroxylation is 1. The number of H-pyrrole nitrogens is 1. The lowest BCUT2D eigenvalue weighted by atomic mass is 10.2. The summed E-state index contributed by atoms with van der Waals surface area (Å²) in [4.78, 5) is 0. The Labute approximate surface area is 104 Å². The molecule has 84 valence electrons. The molecule has 0 amide bonds. The van der Waals surface area contributed by atoms with Gasteiger partial charge in [0.2, 0.25) is 0 Å². The summed E-state index contributed by atoms with van der Waals surface area (Å²) in [7, 11) is 0. The number of anilines is 1. The molecule has 1 heterocycles. The Balaban J connectivity index is 2.05.